The van der Waals surface area contributed by atoms with Crippen LogP contribution in [0.15, 0.2) is 42.5 Å². The van der Waals surface area contributed by atoms with Gasteiger partial charge in [0, 0.05) is 17.5 Å². The monoisotopic (exact) mass is 278 g/mol. The fraction of sp³-hybridized carbons (Fsp3) is 0.263. The van der Waals surface area contributed by atoms with E-state index in [2.05, 4.69) is 19.9 Å². The Morgan fingerprint density at radius 2 is 1.76 bits per heavy atom. The van der Waals surface area contributed by atoms with Crippen LogP contribution in [0.4, 0.5) is 0 Å². The topological polar surface area (TPSA) is 34.1 Å². The molecule has 0 amide bonds. The fourth-order valence-corrected chi connectivity index (χ4v) is 3.04. The minimum absolute atomic E-state index is 0.0634. The maximum absolute atomic E-state index is 12.0. The van der Waals surface area contributed by atoms with Crippen LogP contribution in [0, 0.1) is 0 Å². The van der Waals surface area contributed by atoms with E-state index in [4.69, 9.17) is 0 Å². The first-order valence-electron chi connectivity index (χ1n) is 7.17. The van der Waals surface area contributed by atoms with E-state index in [0.717, 1.165) is 22.3 Å². The van der Waals surface area contributed by atoms with E-state index < -0.39 is 0 Å². The third-order valence-corrected chi connectivity index (χ3v) is 4.25. The summed E-state index contributed by atoms with van der Waals surface area (Å²) in [6.07, 6.45) is 0.569. The Morgan fingerprint density at radius 3 is 2.48 bits per heavy atom. The molecular formula is C19H18O2. The molecule has 0 radical (unpaired) electrons. The predicted molar refractivity (Wildman–Crippen MR) is 83.9 cm³/mol. The number of hydrogen-bond donors (Lipinski definition) is 0. The summed E-state index contributed by atoms with van der Waals surface area (Å²) >= 11 is 0. The minimum Gasteiger partial charge on any atom is -0.295 e. The highest BCUT2D eigenvalue weighted by atomic mass is 16.1. The summed E-state index contributed by atoms with van der Waals surface area (Å²) in [7, 11) is 0. The normalized spacial score (nSPS) is 15.9. The van der Waals surface area contributed by atoms with Gasteiger partial charge in [-0.05, 0) is 41.2 Å². The Balaban J connectivity index is 2.12. The lowest BCUT2D eigenvalue weighted by Gasteiger charge is -2.18. The molecule has 106 valence electrons. The van der Waals surface area contributed by atoms with E-state index in [1.807, 2.05) is 36.4 Å². The molecule has 0 N–H and O–H groups in total. The zero-order valence-electron chi connectivity index (χ0n) is 12.6. The second-order valence-electron chi connectivity index (χ2n) is 6.38. The van der Waals surface area contributed by atoms with E-state index in [1.54, 1.807) is 6.92 Å². The van der Waals surface area contributed by atoms with E-state index in [-0.39, 0.29) is 17.0 Å². The summed E-state index contributed by atoms with van der Waals surface area (Å²) in [5.74, 6) is 0.285. The van der Waals surface area contributed by atoms with Crippen LogP contribution in [0.5, 0.6) is 0 Å². The SMILES string of the molecule is CC(=O)c1cccc(-c2ccc3c(c2)C(C)(C)CC3=O)c1. The number of ketones is 2. The van der Waals surface area contributed by atoms with Crippen molar-refractivity contribution in [2.75, 3.05) is 0 Å². The molecule has 0 aliphatic heterocycles. The molecule has 0 bridgehead atoms. The third-order valence-electron chi connectivity index (χ3n) is 4.25. The maximum Gasteiger partial charge on any atom is 0.164 e. The first kappa shape index (κ1) is 13.7. The number of hydrogen-bond acceptors (Lipinski definition) is 2. The first-order valence-corrected chi connectivity index (χ1v) is 7.17. The first-order chi connectivity index (χ1) is 9.88. The van der Waals surface area contributed by atoms with Crippen molar-refractivity contribution in [1.82, 2.24) is 0 Å². The average Bonchev–Trinajstić information content (AvgIpc) is 2.68. The van der Waals surface area contributed by atoms with Crippen LogP contribution < -0.4 is 0 Å². The molecule has 1 aliphatic carbocycles. The molecule has 0 atom stereocenters. The van der Waals surface area contributed by atoms with Crippen LogP contribution in [-0.2, 0) is 5.41 Å². The van der Waals surface area contributed by atoms with Gasteiger partial charge in [0.1, 0.15) is 0 Å². The number of fused-ring (bicyclic) bond motifs is 1. The van der Waals surface area contributed by atoms with Crippen molar-refractivity contribution >= 4 is 11.6 Å². The van der Waals surface area contributed by atoms with Crippen molar-refractivity contribution in [3.8, 4) is 11.1 Å². The van der Waals surface area contributed by atoms with Crippen molar-refractivity contribution in [2.45, 2.75) is 32.6 Å². The number of carbonyl (C=O) groups excluding carboxylic acids is 2. The van der Waals surface area contributed by atoms with Gasteiger partial charge in [-0.25, -0.2) is 0 Å². The van der Waals surface area contributed by atoms with Gasteiger partial charge in [0.15, 0.2) is 11.6 Å². The second-order valence-corrected chi connectivity index (χ2v) is 6.38. The van der Waals surface area contributed by atoms with E-state index in [1.165, 1.54) is 0 Å². The molecule has 0 unspecified atom stereocenters. The van der Waals surface area contributed by atoms with Gasteiger partial charge in [-0.15, -0.1) is 0 Å². The summed E-state index contributed by atoms with van der Waals surface area (Å²) in [4.78, 5) is 23.5. The van der Waals surface area contributed by atoms with Gasteiger partial charge in [-0.2, -0.15) is 0 Å². The third kappa shape index (κ3) is 2.31. The molecule has 21 heavy (non-hydrogen) atoms. The molecule has 0 aromatic heterocycles. The van der Waals surface area contributed by atoms with Gasteiger partial charge < -0.3 is 0 Å². The van der Waals surface area contributed by atoms with Crippen molar-refractivity contribution < 1.29 is 9.59 Å². The smallest absolute Gasteiger partial charge is 0.164 e. The lowest BCUT2D eigenvalue weighted by atomic mass is 9.85. The second kappa shape index (κ2) is 4.66. The molecule has 2 heteroatoms. The van der Waals surface area contributed by atoms with Crippen LogP contribution in [0.2, 0.25) is 0 Å². The molecular weight excluding hydrogens is 260 g/mol. The highest BCUT2D eigenvalue weighted by Gasteiger charge is 2.35. The Hall–Kier alpha value is -2.22. The van der Waals surface area contributed by atoms with Crippen molar-refractivity contribution in [3.05, 3.63) is 59.2 Å². The van der Waals surface area contributed by atoms with E-state index >= 15 is 0 Å². The summed E-state index contributed by atoms with van der Waals surface area (Å²) in [6, 6.07) is 13.6. The molecule has 1 aliphatic rings. The number of benzene rings is 2. The van der Waals surface area contributed by atoms with Crippen LogP contribution in [0.1, 0.15) is 53.5 Å². The maximum atomic E-state index is 12.0. The van der Waals surface area contributed by atoms with Crippen molar-refractivity contribution in [3.63, 3.8) is 0 Å². The van der Waals surface area contributed by atoms with Crippen LogP contribution in [0.25, 0.3) is 11.1 Å². The summed E-state index contributed by atoms with van der Waals surface area (Å²) in [6.45, 7) is 5.78. The predicted octanol–water partition coefficient (Wildman–Crippen LogP) is 4.42. The number of rotatable bonds is 2. The van der Waals surface area contributed by atoms with Gasteiger partial charge in [0.05, 0.1) is 0 Å². The van der Waals surface area contributed by atoms with Crippen molar-refractivity contribution in [1.29, 1.82) is 0 Å². The lowest BCUT2D eigenvalue weighted by molar-refractivity contribution is 0.0977. The molecule has 2 nitrogen and oxygen atoms in total. The van der Waals surface area contributed by atoms with Crippen LogP contribution >= 0.6 is 0 Å². The summed E-state index contributed by atoms with van der Waals surface area (Å²) in [5, 5.41) is 0. The number of carbonyl (C=O) groups is 2. The van der Waals surface area contributed by atoms with Gasteiger partial charge in [0.25, 0.3) is 0 Å². The van der Waals surface area contributed by atoms with E-state index in [9.17, 15) is 9.59 Å². The van der Waals surface area contributed by atoms with Crippen LogP contribution in [-0.4, -0.2) is 11.6 Å². The van der Waals surface area contributed by atoms with Gasteiger partial charge >= 0.3 is 0 Å². The quantitative estimate of drug-likeness (QED) is 0.762. The zero-order valence-corrected chi connectivity index (χ0v) is 12.6. The van der Waals surface area contributed by atoms with Gasteiger partial charge in [0.2, 0.25) is 0 Å². The minimum atomic E-state index is -0.111. The molecule has 2 aromatic rings. The molecule has 3 rings (SSSR count). The van der Waals surface area contributed by atoms with Gasteiger partial charge in [-0.1, -0.05) is 44.2 Å². The van der Waals surface area contributed by atoms with Crippen molar-refractivity contribution in [2.24, 2.45) is 0 Å². The molecule has 0 heterocycles. The average molecular weight is 278 g/mol. The lowest BCUT2D eigenvalue weighted by Crippen LogP contribution is -2.12. The summed E-state index contributed by atoms with van der Waals surface area (Å²) in [5.41, 5.74) is 4.62. The van der Waals surface area contributed by atoms with Crippen LogP contribution in [0.3, 0.4) is 0 Å². The van der Waals surface area contributed by atoms with Gasteiger partial charge in [-0.3, -0.25) is 9.59 Å². The highest BCUT2D eigenvalue weighted by molar-refractivity contribution is 6.02. The largest absolute Gasteiger partial charge is 0.295 e. The molecule has 0 saturated carbocycles. The standard InChI is InChI=1S/C19H18O2/c1-12(20)13-5-4-6-14(9-13)15-7-8-16-17(10-15)19(2,3)11-18(16)21/h4-10H,11H2,1-3H3. The fourth-order valence-electron chi connectivity index (χ4n) is 3.04. The van der Waals surface area contributed by atoms with E-state index in [0.29, 0.717) is 12.0 Å². The Kier molecular flexibility index (Phi) is 3.05. The molecule has 0 saturated heterocycles. The molecule has 0 fully saturated rings. The Labute approximate surface area is 124 Å². The zero-order chi connectivity index (χ0) is 15.2. The Bertz CT molecular complexity index is 754. The summed E-state index contributed by atoms with van der Waals surface area (Å²) < 4.78 is 0. The highest BCUT2D eigenvalue weighted by Crippen LogP contribution is 2.40. The molecule has 0 spiro atoms. The Morgan fingerprint density at radius 1 is 1.05 bits per heavy atom. The number of Topliss-reactive ketones (excluding diaryl/α,β-unsaturated/α-hetero) is 2. The molecule has 2 aromatic carbocycles.